The van der Waals surface area contributed by atoms with Crippen molar-refractivity contribution >= 4 is 17.5 Å². The second-order valence-electron chi connectivity index (χ2n) is 4.42. The number of rotatable bonds is 5. The van der Waals surface area contributed by atoms with Crippen molar-refractivity contribution in [2.45, 2.75) is 11.3 Å². The summed E-state index contributed by atoms with van der Waals surface area (Å²) in [5, 5.41) is 12.5. The Labute approximate surface area is 127 Å². The molecule has 0 fully saturated rings. The average molecular weight is 305 g/mol. The summed E-state index contributed by atoms with van der Waals surface area (Å²) in [5.74, 6) is -0.311. The fraction of sp³-hybridized carbons (Fsp3) is 0.188. The highest BCUT2D eigenvalue weighted by atomic mass is 32.2. The van der Waals surface area contributed by atoms with Crippen LogP contribution in [0.4, 0.5) is 4.39 Å². The van der Waals surface area contributed by atoms with Crippen LogP contribution in [0.3, 0.4) is 0 Å². The lowest BCUT2D eigenvalue weighted by atomic mass is 10.0. The quantitative estimate of drug-likeness (QED) is 0.393. The van der Waals surface area contributed by atoms with Crippen molar-refractivity contribution in [2.75, 3.05) is 13.4 Å². The zero-order chi connectivity index (χ0) is 15.2. The first-order chi connectivity index (χ1) is 10.2. The highest BCUT2D eigenvalue weighted by molar-refractivity contribution is 7.98. The highest BCUT2D eigenvalue weighted by Crippen LogP contribution is 2.20. The minimum atomic E-state index is -0.478. The molecule has 0 radical (unpaired) electrons. The third kappa shape index (κ3) is 3.76. The van der Waals surface area contributed by atoms with E-state index in [2.05, 4.69) is 5.16 Å². The summed E-state index contributed by atoms with van der Waals surface area (Å²) in [6, 6.07) is 12.4. The number of oxime groups is 1. The minimum absolute atomic E-state index is 0.167. The lowest BCUT2D eigenvalue weighted by Crippen LogP contribution is -2.06. The molecule has 0 aliphatic rings. The summed E-state index contributed by atoms with van der Waals surface area (Å²) in [6.45, 7) is 0. The fourth-order valence-electron chi connectivity index (χ4n) is 1.98. The summed E-state index contributed by atoms with van der Waals surface area (Å²) >= 11 is 1.66. The van der Waals surface area contributed by atoms with Crippen molar-refractivity contribution in [3.63, 3.8) is 0 Å². The van der Waals surface area contributed by atoms with Crippen LogP contribution in [0.5, 0.6) is 5.75 Å². The number of hydrogen-bond donors (Lipinski definition) is 1. The molecule has 2 aromatic carbocycles. The molecule has 0 aromatic heterocycles. The Kier molecular flexibility index (Phi) is 5.22. The molecule has 21 heavy (non-hydrogen) atoms. The first-order valence-corrected chi connectivity index (χ1v) is 7.58. The van der Waals surface area contributed by atoms with Crippen LogP contribution in [-0.4, -0.2) is 24.3 Å². The Morgan fingerprint density at radius 2 is 1.95 bits per heavy atom. The Morgan fingerprint density at radius 3 is 2.48 bits per heavy atom. The lowest BCUT2D eigenvalue weighted by molar-refractivity contribution is 0.318. The second-order valence-corrected chi connectivity index (χ2v) is 5.30. The van der Waals surface area contributed by atoms with Crippen molar-refractivity contribution in [3.8, 4) is 5.75 Å². The predicted octanol–water partition coefficient (Wildman–Crippen LogP) is 3.98. The van der Waals surface area contributed by atoms with Crippen LogP contribution in [0.1, 0.15) is 11.1 Å². The van der Waals surface area contributed by atoms with Crippen molar-refractivity contribution < 1.29 is 14.3 Å². The molecule has 2 aromatic rings. The van der Waals surface area contributed by atoms with Gasteiger partial charge in [0.25, 0.3) is 0 Å². The Bertz CT molecular complexity index is 641. The van der Waals surface area contributed by atoms with E-state index in [9.17, 15) is 9.60 Å². The van der Waals surface area contributed by atoms with E-state index in [1.54, 1.807) is 17.8 Å². The van der Waals surface area contributed by atoms with Crippen LogP contribution in [-0.2, 0) is 6.42 Å². The number of benzene rings is 2. The summed E-state index contributed by atoms with van der Waals surface area (Å²) in [6.07, 6.45) is 2.44. The number of hydrogen-bond acceptors (Lipinski definition) is 4. The topological polar surface area (TPSA) is 41.8 Å². The second kappa shape index (κ2) is 7.13. The van der Waals surface area contributed by atoms with Gasteiger partial charge in [-0.1, -0.05) is 17.3 Å². The molecule has 2 rings (SSSR count). The zero-order valence-corrected chi connectivity index (χ0v) is 12.7. The molecule has 0 aliphatic heterocycles. The molecule has 3 nitrogen and oxygen atoms in total. The van der Waals surface area contributed by atoms with Gasteiger partial charge in [-0.2, -0.15) is 0 Å². The number of nitrogens with zero attached hydrogens (tertiary/aromatic N) is 1. The van der Waals surface area contributed by atoms with Crippen LogP contribution in [0.2, 0.25) is 0 Å². The first-order valence-electron chi connectivity index (χ1n) is 6.35. The first kappa shape index (κ1) is 15.4. The van der Waals surface area contributed by atoms with Gasteiger partial charge < -0.3 is 9.94 Å². The van der Waals surface area contributed by atoms with E-state index in [4.69, 9.17) is 4.74 Å². The molecule has 1 N–H and O–H groups in total. The van der Waals surface area contributed by atoms with Gasteiger partial charge in [0.1, 0.15) is 0 Å². The number of ether oxygens (including phenoxy) is 1. The molecule has 0 saturated heterocycles. The van der Waals surface area contributed by atoms with E-state index >= 15 is 0 Å². The number of halogens is 1. The lowest BCUT2D eigenvalue weighted by Gasteiger charge is -2.08. The van der Waals surface area contributed by atoms with Gasteiger partial charge in [0, 0.05) is 16.9 Å². The highest BCUT2D eigenvalue weighted by Gasteiger charge is 2.10. The maximum atomic E-state index is 13.7. The van der Waals surface area contributed by atoms with Gasteiger partial charge in [0.2, 0.25) is 0 Å². The molecule has 0 atom stereocenters. The molecule has 0 bridgehead atoms. The van der Waals surface area contributed by atoms with Crippen LogP contribution >= 0.6 is 11.8 Å². The SMILES string of the molecule is COc1ccc(C(Cc2ccc(SC)cc2)=NO)cc1F. The Hall–Kier alpha value is -2.01. The molecule has 0 spiro atoms. The van der Waals surface area contributed by atoms with E-state index in [1.807, 2.05) is 30.5 Å². The van der Waals surface area contributed by atoms with Crippen LogP contribution in [0, 0.1) is 5.82 Å². The van der Waals surface area contributed by atoms with Crippen molar-refractivity contribution in [1.29, 1.82) is 0 Å². The summed E-state index contributed by atoms with van der Waals surface area (Å²) in [5.41, 5.74) is 1.94. The van der Waals surface area contributed by atoms with Gasteiger partial charge in [-0.3, -0.25) is 0 Å². The van der Waals surface area contributed by atoms with Crippen molar-refractivity contribution in [1.82, 2.24) is 0 Å². The fourth-order valence-corrected chi connectivity index (χ4v) is 2.39. The molecule has 110 valence electrons. The maximum absolute atomic E-state index is 13.7. The van der Waals surface area contributed by atoms with Gasteiger partial charge in [-0.05, 0) is 42.2 Å². The van der Waals surface area contributed by atoms with Crippen molar-refractivity contribution in [2.24, 2.45) is 5.16 Å². The Morgan fingerprint density at radius 1 is 1.24 bits per heavy atom. The minimum Gasteiger partial charge on any atom is -0.494 e. The maximum Gasteiger partial charge on any atom is 0.165 e. The summed E-state index contributed by atoms with van der Waals surface area (Å²) in [4.78, 5) is 1.16. The predicted molar refractivity (Wildman–Crippen MR) is 83.2 cm³/mol. The van der Waals surface area contributed by atoms with Crippen LogP contribution < -0.4 is 4.74 Å². The van der Waals surface area contributed by atoms with Crippen LogP contribution in [0.15, 0.2) is 52.5 Å². The zero-order valence-electron chi connectivity index (χ0n) is 11.8. The molecular weight excluding hydrogens is 289 g/mol. The van der Waals surface area contributed by atoms with Gasteiger partial charge in [0.05, 0.1) is 12.8 Å². The molecule has 0 saturated carbocycles. The smallest absolute Gasteiger partial charge is 0.165 e. The van der Waals surface area contributed by atoms with E-state index < -0.39 is 5.82 Å². The van der Waals surface area contributed by atoms with E-state index in [-0.39, 0.29) is 5.75 Å². The molecule has 0 aliphatic carbocycles. The average Bonchev–Trinajstić information content (AvgIpc) is 2.53. The third-order valence-electron chi connectivity index (χ3n) is 3.14. The third-order valence-corrected chi connectivity index (χ3v) is 3.88. The van der Waals surface area contributed by atoms with Gasteiger partial charge in [-0.15, -0.1) is 11.8 Å². The van der Waals surface area contributed by atoms with Crippen molar-refractivity contribution in [3.05, 3.63) is 59.4 Å². The molecule has 0 unspecified atom stereocenters. The number of methoxy groups -OCH3 is 1. The molecule has 0 heterocycles. The largest absolute Gasteiger partial charge is 0.494 e. The van der Waals surface area contributed by atoms with Gasteiger partial charge in [-0.25, -0.2) is 4.39 Å². The van der Waals surface area contributed by atoms with E-state index in [0.29, 0.717) is 17.7 Å². The summed E-state index contributed by atoms with van der Waals surface area (Å²) in [7, 11) is 1.41. The van der Waals surface area contributed by atoms with E-state index in [1.165, 1.54) is 19.2 Å². The van der Waals surface area contributed by atoms with E-state index in [0.717, 1.165) is 10.5 Å². The Balaban J connectivity index is 2.21. The standard InChI is InChI=1S/C16H16FNO2S/c1-20-16-8-5-12(10-14(16)17)15(18-19)9-11-3-6-13(21-2)7-4-11/h3-8,10,19H,9H2,1-2H3. The normalized spacial score (nSPS) is 11.5. The molecule has 0 amide bonds. The number of thioether (sulfide) groups is 1. The molecular formula is C16H16FNO2S. The monoisotopic (exact) mass is 305 g/mol. The molecule has 5 heteroatoms. The van der Waals surface area contributed by atoms with Gasteiger partial charge in [0.15, 0.2) is 11.6 Å². The van der Waals surface area contributed by atoms with Gasteiger partial charge >= 0.3 is 0 Å². The van der Waals surface area contributed by atoms with Crippen LogP contribution in [0.25, 0.3) is 0 Å². The summed E-state index contributed by atoms with van der Waals surface area (Å²) < 4.78 is 18.6.